The van der Waals surface area contributed by atoms with Crippen LogP contribution in [0.2, 0.25) is 0 Å². The van der Waals surface area contributed by atoms with Gasteiger partial charge < -0.3 is 20.6 Å². The monoisotopic (exact) mass is 285 g/mol. The molecule has 6 nitrogen and oxygen atoms in total. The Bertz CT molecular complexity index is 315. The molecule has 1 fully saturated rings. The fraction of sp³-hybridized carbons (Fsp3) is 0.857. The van der Waals surface area contributed by atoms with E-state index in [-0.39, 0.29) is 18.0 Å². The molecule has 2 amide bonds. The second-order valence-corrected chi connectivity index (χ2v) is 5.61. The van der Waals surface area contributed by atoms with Gasteiger partial charge >= 0.3 is 12.0 Å². The van der Waals surface area contributed by atoms with Gasteiger partial charge in [0, 0.05) is 25.7 Å². The molecule has 0 saturated carbocycles. The molecule has 0 aromatic heterocycles. The summed E-state index contributed by atoms with van der Waals surface area (Å²) in [7, 11) is 0. The number of urea groups is 1. The van der Waals surface area contributed by atoms with Crippen LogP contribution in [0.1, 0.15) is 39.5 Å². The van der Waals surface area contributed by atoms with Crippen LogP contribution in [0.5, 0.6) is 0 Å². The zero-order chi connectivity index (χ0) is 15.0. The van der Waals surface area contributed by atoms with E-state index in [1.807, 2.05) is 11.8 Å². The summed E-state index contributed by atoms with van der Waals surface area (Å²) in [5.74, 6) is -1.06. The summed E-state index contributed by atoms with van der Waals surface area (Å²) in [6, 6.07) is 0.0761. The Morgan fingerprint density at radius 1 is 1.25 bits per heavy atom. The third kappa shape index (κ3) is 6.23. The van der Waals surface area contributed by atoms with Gasteiger partial charge in [-0.3, -0.25) is 4.79 Å². The van der Waals surface area contributed by atoms with Gasteiger partial charge in [0.1, 0.15) is 0 Å². The number of hydrogen-bond acceptors (Lipinski definition) is 3. The van der Waals surface area contributed by atoms with E-state index in [1.54, 1.807) is 6.92 Å². The molecule has 0 radical (unpaired) electrons. The predicted octanol–water partition coefficient (Wildman–Crippen LogP) is 1.27. The second kappa shape index (κ2) is 8.79. The number of carbonyl (C=O) groups excluding carboxylic acids is 1. The Labute approximate surface area is 120 Å². The van der Waals surface area contributed by atoms with Gasteiger partial charge in [0.25, 0.3) is 0 Å². The number of carbonyl (C=O) groups is 2. The van der Waals surface area contributed by atoms with Gasteiger partial charge in [-0.25, -0.2) is 4.79 Å². The fourth-order valence-corrected chi connectivity index (χ4v) is 2.28. The highest BCUT2D eigenvalue weighted by atomic mass is 16.4. The van der Waals surface area contributed by atoms with Crippen molar-refractivity contribution in [2.75, 3.05) is 26.2 Å². The summed E-state index contributed by atoms with van der Waals surface area (Å²) in [6.45, 7) is 7.04. The largest absolute Gasteiger partial charge is 0.481 e. The number of carboxylic acid groups (broad SMARTS) is 1. The molecule has 0 spiro atoms. The molecule has 116 valence electrons. The first-order valence-electron chi connectivity index (χ1n) is 7.49. The maximum absolute atomic E-state index is 12.1. The SMILES string of the molecule is CC(CCCC(C)C(=O)O)NC(=O)N1CCCNCC1. The summed E-state index contributed by atoms with van der Waals surface area (Å²) in [6.07, 6.45) is 3.27. The van der Waals surface area contributed by atoms with E-state index in [9.17, 15) is 9.59 Å². The summed E-state index contributed by atoms with van der Waals surface area (Å²) in [4.78, 5) is 24.6. The second-order valence-electron chi connectivity index (χ2n) is 5.61. The average Bonchev–Trinajstić information content (AvgIpc) is 2.67. The van der Waals surface area contributed by atoms with Crippen LogP contribution >= 0.6 is 0 Å². The lowest BCUT2D eigenvalue weighted by Crippen LogP contribution is -2.45. The first-order chi connectivity index (χ1) is 9.50. The summed E-state index contributed by atoms with van der Waals surface area (Å²) in [5.41, 5.74) is 0. The van der Waals surface area contributed by atoms with Crippen molar-refractivity contribution >= 4 is 12.0 Å². The van der Waals surface area contributed by atoms with Crippen LogP contribution in [0.25, 0.3) is 0 Å². The molecule has 1 aliphatic rings. The maximum atomic E-state index is 12.1. The minimum absolute atomic E-state index is 0.00696. The van der Waals surface area contributed by atoms with E-state index < -0.39 is 5.97 Å². The molecule has 0 aromatic carbocycles. The van der Waals surface area contributed by atoms with Gasteiger partial charge in [0.2, 0.25) is 0 Å². The number of nitrogens with zero attached hydrogens (tertiary/aromatic N) is 1. The van der Waals surface area contributed by atoms with Crippen molar-refractivity contribution in [2.24, 2.45) is 5.92 Å². The van der Waals surface area contributed by atoms with Crippen molar-refractivity contribution < 1.29 is 14.7 Å². The number of aliphatic carboxylic acids is 1. The fourth-order valence-electron chi connectivity index (χ4n) is 2.28. The van der Waals surface area contributed by atoms with Gasteiger partial charge in [-0.15, -0.1) is 0 Å². The van der Waals surface area contributed by atoms with E-state index in [1.165, 1.54) is 0 Å². The third-order valence-electron chi connectivity index (χ3n) is 3.69. The first kappa shape index (κ1) is 16.8. The smallest absolute Gasteiger partial charge is 0.317 e. The van der Waals surface area contributed by atoms with Crippen molar-refractivity contribution in [3.63, 3.8) is 0 Å². The van der Waals surface area contributed by atoms with Crippen LogP contribution < -0.4 is 10.6 Å². The quantitative estimate of drug-likeness (QED) is 0.686. The van der Waals surface area contributed by atoms with Crippen molar-refractivity contribution in [1.29, 1.82) is 0 Å². The number of rotatable bonds is 6. The van der Waals surface area contributed by atoms with Crippen molar-refractivity contribution in [3.05, 3.63) is 0 Å². The number of carboxylic acids is 1. The molecule has 1 rings (SSSR count). The van der Waals surface area contributed by atoms with E-state index in [0.29, 0.717) is 6.42 Å². The average molecular weight is 285 g/mol. The lowest BCUT2D eigenvalue weighted by molar-refractivity contribution is -0.141. The topological polar surface area (TPSA) is 81.7 Å². The third-order valence-corrected chi connectivity index (χ3v) is 3.69. The van der Waals surface area contributed by atoms with E-state index >= 15 is 0 Å². The van der Waals surface area contributed by atoms with Crippen LogP contribution in [0.4, 0.5) is 4.79 Å². The normalized spacial score (nSPS) is 19.0. The minimum Gasteiger partial charge on any atom is -0.481 e. The Balaban J connectivity index is 2.21. The van der Waals surface area contributed by atoms with Crippen LogP contribution in [0, 0.1) is 5.92 Å². The molecule has 20 heavy (non-hydrogen) atoms. The number of nitrogens with one attached hydrogen (secondary N) is 2. The van der Waals surface area contributed by atoms with Crippen LogP contribution in [-0.2, 0) is 4.79 Å². The summed E-state index contributed by atoms with van der Waals surface area (Å²) < 4.78 is 0. The van der Waals surface area contributed by atoms with Gasteiger partial charge in [-0.05, 0) is 32.7 Å². The van der Waals surface area contributed by atoms with E-state index in [2.05, 4.69) is 10.6 Å². The molecule has 2 atom stereocenters. The first-order valence-corrected chi connectivity index (χ1v) is 7.49. The highest BCUT2D eigenvalue weighted by Crippen LogP contribution is 2.10. The molecule has 0 aliphatic carbocycles. The summed E-state index contributed by atoms with van der Waals surface area (Å²) in [5, 5.41) is 15.1. The molecule has 0 aromatic rings. The molecule has 1 aliphatic heterocycles. The minimum atomic E-state index is -0.751. The molecule has 6 heteroatoms. The van der Waals surface area contributed by atoms with Gasteiger partial charge in [-0.1, -0.05) is 13.3 Å². The molecule has 2 unspecified atom stereocenters. The van der Waals surface area contributed by atoms with Gasteiger partial charge in [-0.2, -0.15) is 0 Å². The Kier molecular flexibility index (Phi) is 7.36. The van der Waals surface area contributed by atoms with Crippen molar-refractivity contribution in [1.82, 2.24) is 15.5 Å². The number of hydrogen-bond donors (Lipinski definition) is 3. The van der Waals surface area contributed by atoms with Crippen molar-refractivity contribution in [3.8, 4) is 0 Å². The number of amides is 2. The van der Waals surface area contributed by atoms with Gasteiger partial charge in [0.05, 0.1) is 5.92 Å². The molecule has 1 heterocycles. The van der Waals surface area contributed by atoms with Gasteiger partial charge in [0.15, 0.2) is 0 Å². The van der Waals surface area contributed by atoms with Crippen LogP contribution in [0.15, 0.2) is 0 Å². The Hall–Kier alpha value is -1.30. The zero-order valence-corrected chi connectivity index (χ0v) is 12.5. The standard InChI is InChI=1S/C14H27N3O3/c1-11(13(18)19)5-3-6-12(2)16-14(20)17-9-4-7-15-8-10-17/h11-12,15H,3-10H2,1-2H3,(H,16,20)(H,18,19). The lowest BCUT2D eigenvalue weighted by Gasteiger charge is -2.23. The highest BCUT2D eigenvalue weighted by Gasteiger charge is 2.17. The molecule has 0 bridgehead atoms. The van der Waals surface area contributed by atoms with Crippen LogP contribution in [-0.4, -0.2) is 54.2 Å². The Morgan fingerprint density at radius 2 is 2.00 bits per heavy atom. The Morgan fingerprint density at radius 3 is 2.70 bits per heavy atom. The molecule has 1 saturated heterocycles. The summed E-state index contributed by atoms with van der Waals surface area (Å²) >= 11 is 0. The van der Waals surface area contributed by atoms with Crippen molar-refractivity contribution in [2.45, 2.75) is 45.6 Å². The highest BCUT2D eigenvalue weighted by molar-refractivity contribution is 5.74. The molecular weight excluding hydrogens is 258 g/mol. The molecule has 3 N–H and O–H groups in total. The van der Waals surface area contributed by atoms with Crippen LogP contribution in [0.3, 0.4) is 0 Å². The van der Waals surface area contributed by atoms with E-state index in [4.69, 9.17) is 5.11 Å². The maximum Gasteiger partial charge on any atom is 0.317 e. The lowest BCUT2D eigenvalue weighted by atomic mass is 10.0. The zero-order valence-electron chi connectivity index (χ0n) is 12.5. The van der Waals surface area contributed by atoms with E-state index in [0.717, 1.165) is 45.4 Å². The molecular formula is C14H27N3O3. The predicted molar refractivity (Wildman–Crippen MR) is 77.7 cm³/mol.